The number of carbonyl (C=O) groups excluding carboxylic acids is 3. The third kappa shape index (κ3) is 3.03. The molecule has 9 heteroatoms. The fourth-order valence-electron chi connectivity index (χ4n) is 1.55. The van der Waals surface area contributed by atoms with Gasteiger partial charge in [-0.2, -0.15) is 0 Å². The maximum atomic E-state index is 12.1. The number of carbonyl (C=O) groups is 3. The normalized spacial score (nSPS) is 14.8. The van der Waals surface area contributed by atoms with Crippen molar-refractivity contribution in [3.05, 3.63) is 22.3 Å². The predicted octanol–water partition coefficient (Wildman–Crippen LogP) is 2.43. The third-order valence-electron chi connectivity index (χ3n) is 2.53. The highest BCUT2D eigenvalue weighted by Crippen LogP contribution is 2.33. The van der Waals surface area contributed by atoms with E-state index >= 15 is 0 Å². The monoisotopic (exact) mass is 613 g/mol. The fraction of sp³-hybridized carbons (Fsp3) is 0.182. The number of hydrogen-bond donors (Lipinski definition) is 1. The third-order valence-corrected chi connectivity index (χ3v) is 5.25. The largest absolute Gasteiger partial charge is 0.506 e. The smallest absolute Gasteiger partial charge is 0.366 e. The highest BCUT2D eigenvalue weighted by molar-refractivity contribution is 14.1. The molecular formula is C11H6I3NO5. The summed E-state index contributed by atoms with van der Waals surface area (Å²) in [4.78, 5) is 39.8. The van der Waals surface area contributed by atoms with Crippen LogP contribution in [0, 0.1) is 10.7 Å². The number of phenols is 1. The van der Waals surface area contributed by atoms with Gasteiger partial charge < -0.3 is 9.94 Å². The van der Waals surface area contributed by atoms with Crippen LogP contribution in [0.15, 0.2) is 6.07 Å². The quantitative estimate of drug-likeness (QED) is 0.410. The topological polar surface area (TPSA) is 83.9 Å². The highest BCUT2D eigenvalue weighted by Gasteiger charge is 2.34. The van der Waals surface area contributed by atoms with E-state index in [1.54, 1.807) is 6.07 Å². The van der Waals surface area contributed by atoms with Crippen molar-refractivity contribution in [1.82, 2.24) is 5.06 Å². The number of phenolic OH excluding ortho intramolecular Hbond substituents is 1. The second-order valence-corrected chi connectivity index (χ2v) is 7.24. The van der Waals surface area contributed by atoms with E-state index in [0.717, 1.165) is 0 Å². The average Bonchev–Trinajstić information content (AvgIpc) is 2.68. The van der Waals surface area contributed by atoms with Gasteiger partial charge in [-0.15, -0.1) is 5.06 Å². The Morgan fingerprint density at radius 3 is 2.25 bits per heavy atom. The Balaban J connectivity index is 2.33. The molecule has 20 heavy (non-hydrogen) atoms. The first-order chi connectivity index (χ1) is 9.32. The zero-order valence-electron chi connectivity index (χ0n) is 9.65. The van der Waals surface area contributed by atoms with Crippen LogP contribution in [0.1, 0.15) is 23.2 Å². The Morgan fingerprint density at radius 1 is 1.15 bits per heavy atom. The Bertz CT molecular complexity index is 615. The molecule has 1 aliphatic rings. The summed E-state index contributed by atoms with van der Waals surface area (Å²) in [6.07, 6.45) is 0.0798. The van der Waals surface area contributed by atoms with Gasteiger partial charge in [-0.1, -0.05) is 0 Å². The molecule has 0 spiro atoms. The SMILES string of the molecule is O=C(ON1C(=O)CCC1=O)c1c(I)cc(I)c(O)c1I. The summed E-state index contributed by atoms with van der Waals surface area (Å²) >= 11 is 5.69. The summed E-state index contributed by atoms with van der Waals surface area (Å²) in [5.41, 5.74) is 0.136. The van der Waals surface area contributed by atoms with Gasteiger partial charge in [0.1, 0.15) is 5.75 Å². The zero-order chi connectivity index (χ0) is 15.0. The Labute approximate surface area is 154 Å². The van der Waals surface area contributed by atoms with Gasteiger partial charge in [0.25, 0.3) is 11.8 Å². The first kappa shape index (κ1) is 16.2. The second-order valence-electron chi connectivity index (χ2n) is 3.84. The van der Waals surface area contributed by atoms with Crippen LogP contribution in [-0.2, 0) is 14.4 Å². The van der Waals surface area contributed by atoms with Gasteiger partial charge in [-0.25, -0.2) is 4.79 Å². The van der Waals surface area contributed by atoms with Gasteiger partial charge >= 0.3 is 5.97 Å². The molecule has 0 atom stereocenters. The van der Waals surface area contributed by atoms with Crippen LogP contribution in [0.3, 0.4) is 0 Å². The van der Waals surface area contributed by atoms with E-state index in [9.17, 15) is 19.5 Å². The number of nitrogens with zero attached hydrogens (tertiary/aromatic N) is 1. The Kier molecular flexibility index (Phi) is 5.09. The van der Waals surface area contributed by atoms with Crippen molar-refractivity contribution in [2.45, 2.75) is 12.8 Å². The Hall–Kier alpha value is -0.180. The van der Waals surface area contributed by atoms with Crippen LogP contribution in [0.5, 0.6) is 5.75 Å². The van der Waals surface area contributed by atoms with Crippen LogP contribution in [0.25, 0.3) is 0 Å². The maximum absolute atomic E-state index is 12.1. The van der Waals surface area contributed by atoms with Gasteiger partial charge in [0.2, 0.25) is 0 Å². The van der Waals surface area contributed by atoms with Crippen molar-refractivity contribution >= 4 is 85.6 Å². The number of hydroxylamine groups is 2. The number of aromatic hydroxyl groups is 1. The van der Waals surface area contributed by atoms with Crippen molar-refractivity contribution in [1.29, 1.82) is 0 Å². The minimum absolute atomic E-state index is 0.0300. The number of imide groups is 1. The molecule has 2 rings (SSSR count). The van der Waals surface area contributed by atoms with Gasteiger partial charge in [-0.3, -0.25) is 9.59 Å². The molecule has 0 aliphatic carbocycles. The lowest BCUT2D eigenvalue weighted by Crippen LogP contribution is -2.32. The minimum atomic E-state index is -0.839. The van der Waals surface area contributed by atoms with Crippen LogP contribution >= 0.6 is 67.8 Å². The summed E-state index contributed by atoms with van der Waals surface area (Å²) in [5, 5.41) is 10.3. The van der Waals surface area contributed by atoms with Crippen LogP contribution in [-0.4, -0.2) is 28.0 Å². The first-order valence-electron chi connectivity index (χ1n) is 5.27. The molecule has 0 radical (unpaired) electrons. The number of benzene rings is 1. The molecule has 1 N–H and O–H groups in total. The van der Waals surface area contributed by atoms with Gasteiger partial charge in [0.05, 0.1) is 12.7 Å². The van der Waals surface area contributed by atoms with Crippen molar-refractivity contribution < 1.29 is 24.3 Å². The number of hydrogen-bond acceptors (Lipinski definition) is 5. The van der Waals surface area contributed by atoms with Crippen molar-refractivity contribution in [3.63, 3.8) is 0 Å². The van der Waals surface area contributed by atoms with Gasteiger partial charge in [-0.05, 0) is 73.8 Å². The van der Waals surface area contributed by atoms with E-state index in [-0.39, 0.29) is 24.2 Å². The Morgan fingerprint density at radius 2 is 1.70 bits per heavy atom. The summed E-state index contributed by atoms with van der Waals surface area (Å²) in [7, 11) is 0. The molecule has 1 heterocycles. The van der Waals surface area contributed by atoms with E-state index < -0.39 is 17.8 Å². The molecule has 1 aromatic carbocycles. The lowest BCUT2D eigenvalue weighted by Gasteiger charge is -2.15. The molecule has 1 aromatic rings. The van der Waals surface area contributed by atoms with Crippen LogP contribution in [0.2, 0.25) is 0 Å². The fourth-order valence-corrected chi connectivity index (χ4v) is 5.36. The first-order valence-corrected chi connectivity index (χ1v) is 8.51. The molecule has 0 bridgehead atoms. The molecule has 1 aliphatic heterocycles. The molecule has 1 saturated heterocycles. The van der Waals surface area contributed by atoms with Crippen LogP contribution < -0.4 is 0 Å². The molecule has 0 aromatic heterocycles. The number of amides is 2. The van der Waals surface area contributed by atoms with Crippen LogP contribution in [0.4, 0.5) is 0 Å². The highest BCUT2D eigenvalue weighted by atomic mass is 127. The molecule has 0 saturated carbocycles. The molecule has 2 amide bonds. The zero-order valence-corrected chi connectivity index (χ0v) is 16.1. The summed E-state index contributed by atoms with van der Waals surface area (Å²) in [6.45, 7) is 0. The molecule has 106 valence electrons. The minimum Gasteiger partial charge on any atom is -0.506 e. The van der Waals surface area contributed by atoms with Gasteiger partial charge in [0, 0.05) is 16.4 Å². The van der Waals surface area contributed by atoms with Gasteiger partial charge in [0.15, 0.2) is 0 Å². The van der Waals surface area contributed by atoms with Crippen molar-refractivity contribution in [2.24, 2.45) is 0 Å². The predicted molar refractivity (Wildman–Crippen MR) is 92.8 cm³/mol. The molecule has 1 fully saturated rings. The maximum Gasteiger partial charge on any atom is 0.366 e. The van der Waals surface area contributed by atoms with E-state index in [0.29, 0.717) is 15.8 Å². The van der Waals surface area contributed by atoms with E-state index in [1.165, 1.54) is 0 Å². The molecule has 6 nitrogen and oxygen atoms in total. The molecule has 0 unspecified atom stereocenters. The van der Waals surface area contributed by atoms with E-state index in [2.05, 4.69) is 0 Å². The summed E-state index contributed by atoms with van der Waals surface area (Å²) in [6, 6.07) is 1.61. The second kappa shape index (κ2) is 6.29. The molecular weight excluding hydrogens is 607 g/mol. The summed E-state index contributed by atoms with van der Waals surface area (Å²) in [5.74, 6) is -1.95. The lowest BCUT2D eigenvalue weighted by molar-refractivity contribution is -0.172. The number of halogens is 3. The standard InChI is InChI=1S/C11H6I3NO5/c12-4-3-5(13)10(18)9(14)8(4)11(19)20-15-6(16)1-2-7(15)17/h3,18H,1-2H2. The van der Waals surface area contributed by atoms with E-state index in [1.807, 2.05) is 67.8 Å². The average molecular weight is 613 g/mol. The lowest BCUT2D eigenvalue weighted by atomic mass is 10.2. The summed E-state index contributed by atoms with van der Waals surface area (Å²) < 4.78 is 1.49. The number of rotatable bonds is 2. The van der Waals surface area contributed by atoms with Crippen molar-refractivity contribution in [2.75, 3.05) is 0 Å². The van der Waals surface area contributed by atoms with Crippen molar-refractivity contribution in [3.8, 4) is 5.75 Å². The van der Waals surface area contributed by atoms with E-state index in [4.69, 9.17) is 4.84 Å².